The molecule has 2 aliphatic rings. The highest BCUT2D eigenvalue weighted by atomic mass is 32.2. The first kappa shape index (κ1) is 29.9. The quantitative estimate of drug-likeness (QED) is 0.181. The molecule has 1 spiro atoms. The Hall–Kier alpha value is -5.74. The number of rotatable bonds is 3. The molecule has 0 amide bonds. The molecule has 2 aliphatic heterocycles. The van der Waals surface area contributed by atoms with Gasteiger partial charge in [0.2, 0.25) is 0 Å². The fourth-order valence-electron chi connectivity index (χ4n) is 8.85. The summed E-state index contributed by atoms with van der Waals surface area (Å²) in [7, 11) is 0. The van der Waals surface area contributed by atoms with Crippen LogP contribution in [0.15, 0.2) is 208 Å². The van der Waals surface area contributed by atoms with Crippen molar-refractivity contribution in [3.8, 4) is 27.9 Å². The summed E-state index contributed by atoms with van der Waals surface area (Å²) in [6.45, 7) is 0. The number of benzene rings is 8. The van der Waals surface area contributed by atoms with Crippen LogP contribution in [0.1, 0.15) is 22.3 Å². The zero-order valence-electron chi connectivity index (χ0n) is 28.2. The summed E-state index contributed by atoms with van der Waals surface area (Å²) >= 11 is 3.81. The highest BCUT2D eigenvalue weighted by molar-refractivity contribution is 8.00. The lowest BCUT2D eigenvalue weighted by atomic mass is 9.62. The van der Waals surface area contributed by atoms with Gasteiger partial charge in [0.05, 0.1) is 16.4 Å². The molecular formula is C49H31NS2. The van der Waals surface area contributed by atoms with Crippen molar-refractivity contribution < 1.29 is 0 Å². The summed E-state index contributed by atoms with van der Waals surface area (Å²) in [5.74, 6) is 0. The van der Waals surface area contributed by atoms with E-state index in [4.69, 9.17) is 0 Å². The van der Waals surface area contributed by atoms with Gasteiger partial charge in [-0.25, -0.2) is 0 Å². The van der Waals surface area contributed by atoms with Crippen LogP contribution in [0.2, 0.25) is 0 Å². The maximum absolute atomic E-state index is 2.47. The van der Waals surface area contributed by atoms with Crippen LogP contribution in [0.5, 0.6) is 0 Å². The Morgan fingerprint density at radius 1 is 0.385 bits per heavy atom. The van der Waals surface area contributed by atoms with Crippen molar-refractivity contribution in [2.75, 3.05) is 0 Å². The highest BCUT2D eigenvalue weighted by Gasteiger charge is 2.50. The zero-order chi connectivity index (χ0) is 34.2. The molecule has 244 valence electrons. The summed E-state index contributed by atoms with van der Waals surface area (Å²) < 4.78 is 2.44. The third-order valence-electron chi connectivity index (χ3n) is 10.9. The molecule has 11 rings (SSSR count). The molecule has 3 heteroatoms. The van der Waals surface area contributed by atoms with E-state index < -0.39 is 5.41 Å². The normalized spacial score (nSPS) is 15.6. The van der Waals surface area contributed by atoms with Crippen molar-refractivity contribution in [1.82, 2.24) is 4.57 Å². The molecule has 1 unspecified atom stereocenters. The molecule has 9 aromatic rings. The van der Waals surface area contributed by atoms with Crippen molar-refractivity contribution >= 4 is 45.3 Å². The van der Waals surface area contributed by atoms with Crippen LogP contribution in [0.25, 0.3) is 49.7 Å². The SMILES string of the molecule is c1ccc(-c2cccc3c2C2(c4ccccc4Sc4cc(-c5cccc6c7ccccc7n(-c7ccccc7)c56)ccc42)c2ccccc2S3)cc1. The number of para-hydroxylation sites is 3. The highest BCUT2D eigenvalue weighted by Crippen LogP contribution is 2.63. The Morgan fingerprint density at radius 2 is 0.962 bits per heavy atom. The van der Waals surface area contributed by atoms with Gasteiger partial charge in [0.15, 0.2) is 0 Å². The maximum Gasteiger partial charge on any atom is 0.0751 e. The number of aromatic nitrogens is 1. The van der Waals surface area contributed by atoms with Crippen molar-refractivity contribution in [3.63, 3.8) is 0 Å². The van der Waals surface area contributed by atoms with E-state index >= 15 is 0 Å². The second-order valence-corrected chi connectivity index (χ2v) is 15.8. The number of nitrogens with zero attached hydrogens (tertiary/aromatic N) is 1. The fraction of sp³-hybridized carbons (Fsp3) is 0.0204. The van der Waals surface area contributed by atoms with Crippen LogP contribution >= 0.6 is 23.5 Å². The molecule has 0 saturated heterocycles. The van der Waals surface area contributed by atoms with Crippen LogP contribution in [-0.4, -0.2) is 4.57 Å². The predicted molar refractivity (Wildman–Crippen MR) is 218 cm³/mol. The van der Waals surface area contributed by atoms with Crippen molar-refractivity contribution in [1.29, 1.82) is 0 Å². The minimum absolute atomic E-state index is 0.496. The number of hydrogen-bond acceptors (Lipinski definition) is 2. The van der Waals surface area contributed by atoms with Crippen LogP contribution in [0.3, 0.4) is 0 Å². The monoisotopic (exact) mass is 697 g/mol. The van der Waals surface area contributed by atoms with Gasteiger partial charge in [-0.3, -0.25) is 0 Å². The number of hydrogen-bond donors (Lipinski definition) is 0. The van der Waals surface area contributed by atoms with Gasteiger partial charge in [0.25, 0.3) is 0 Å². The van der Waals surface area contributed by atoms with Crippen molar-refractivity contribution in [2.45, 2.75) is 25.0 Å². The summed E-state index contributed by atoms with van der Waals surface area (Å²) in [5.41, 5.74) is 13.5. The van der Waals surface area contributed by atoms with Crippen molar-refractivity contribution in [3.05, 3.63) is 210 Å². The van der Waals surface area contributed by atoms with Gasteiger partial charge in [-0.1, -0.05) is 169 Å². The third kappa shape index (κ3) is 4.21. The van der Waals surface area contributed by atoms with Crippen LogP contribution in [0.4, 0.5) is 0 Å². The summed E-state index contributed by atoms with van der Waals surface area (Å²) in [4.78, 5) is 5.23. The molecular weight excluding hydrogens is 667 g/mol. The lowest BCUT2D eigenvalue weighted by Crippen LogP contribution is -2.37. The molecule has 1 atom stereocenters. The molecule has 0 N–H and O–H groups in total. The second kappa shape index (κ2) is 11.6. The Labute approximate surface area is 311 Å². The van der Waals surface area contributed by atoms with Gasteiger partial charge in [0.1, 0.15) is 0 Å². The average Bonchev–Trinajstić information content (AvgIpc) is 3.56. The molecule has 0 fully saturated rings. The van der Waals surface area contributed by atoms with E-state index in [0.29, 0.717) is 0 Å². The van der Waals surface area contributed by atoms with Gasteiger partial charge >= 0.3 is 0 Å². The van der Waals surface area contributed by atoms with E-state index in [0.717, 1.165) is 0 Å². The number of fused-ring (bicyclic) bond motifs is 11. The lowest BCUT2D eigenvalue weighted by Gasteiger charge is -2.46. The van der Waals surface area contributed by atoms with E-state index in [-0.39, 0.29) is 0 Å². The second-order valence-electron chi connectivity index (χ2n) is 13.6. The summed E-state index contributed by atoms with van der Waals surface area (Å²) in [5, 5.41) is 2.54. The molecule has 0 radical (unpaired) electrons. The van der Waals surface area contributed by atoms with E-state index in [9.17, 15) is 0 Å². The summed E-state index contributed by atoms with van der Waals surface area (Å²) in [6, 6.07) is 69.7. The van der Waals surface area contributed by atoms with E-state index in [1.54, 1.807) is 0 Å². The van der Waals surface area contributed by atoms with Gasteiger partial charge in [-0.05, 0) is 81.4 Å². The zero-order valence-corrected chi connectivity index (χ0v) is 29.8. The van der Waals surface area contributed by atoms with E-state index in [1.165, 1.54) is 91.6 Å². The molecule has 8 aromatic carbocycles. The minimum atomic E-state index is -0.496. The Balaban J connectivity index is 1.23. The topological polar surface area (TPSA) is 4.93 Å². The summed E-state index contributed by atoms with van der Waals surface area (Å²) in [6.07, 6.45) is 0. The molecule has 0 aliphatic carbocycles. The smallest absolute Gasteiger partial charge is 0.0751 e. The largest absolute Gasteiger partial charge is 0.309 e. The van der Waals surface area contributed by atoms with Crippen LogP contribution < -0.4 is 0 Å². The van der Waals surface area contributed by atoms with Gasteiger partial charge < -0.3 is 4.57 Å². The molecule has 0 bridgehead atoms. The minimum Gasteiger partial charge on any atom is -0.309 e. The Kier molecular flexibility index (Phi) is 6.70. The molecule has 1 aromatic heterocycles. The molecule has 0 saturated carbocycles. The van der Waals surface area contributed by atoms with Crippen molar-refractivity contribution in [2.24, 2.45) is 0 Å². The van der Waals surface area contributed by atoms with Gasteiger partial charge in [-0.15, -0.1) is 0 Å². The maximum atomic E-state index is 2.47. The Morgan fingerprint density at radius 3 is 1.75 bits per heavy atom. The standard InChI is InChI=1S/C49H31NS2/c1-3-15-32(16-4-1)35-20-14-28-45-47(35)49(39-23-8-11-26-43(39)51-45)40-24-9-12-27-44(40)52-46-31-33(29-30-41(46)49)36-21-13-22-38-37-19-7-10-25-42(37)50(48(36)38)34-17-5-2-6-18-34/h1-31H. The van der Waals surface area contributed by atoms with Crippen LogP contribution in [0, 0.1) is 0 Å². The van der Waals surface area contributed by atoms with E-state index in [2.05, 4.69) is 193 Å². The fourth-order valence-corrected chi connectivity index (χ4v) is 11.3. The first-order valence-electron chi connectivity index (χ1n) is 17.8. The lowest BCUT2D eigenvalue weighted by molar-refractivity contribution is 0.669. The third-order valence-corrected chi connectivity index (χ3v) is 13.2. The predicted octanol–water partition coefficient (Wildman–Crippen LogP) is 13.4. The average molecular weight is 698 g/mol. The van der Waals surface area contributed by atoms with Gasteiger partial charge in [0, 0.05) is 41.6 Å². The van der Waals surface area contributed by atoms with Gasteiger partial charge in [-0.2, -0.15) is 0 Å². The first-order chi connectivity index (χ1) is 25.8. The molecule has 52 heavy (non-hydrogen) atoms. The Bertz CT molecular complexity index is 2840. The molecule has 1 nitrogen and oxygen atoms in total. The first-order valence-corrected chi connectivity index (χ1v) is 19.4. The van der Waals surface area contributed by atoms with Crippen LogP contribution in [-0.2, 0) is 5.41 Å². The molecule has 3 heterocycles. The van der Waals surface area contributed by atoms with E-state index in [1.807, 2.05) is 23.5 Å².